The van der Waals surface area contributed by atoms with Gasteiger partial charge in [0.1, 0.15) is 23.3 Å². The number of anilines is 2. The third kappa shape index (κ3) is 5.58. The number of rotatable bonds is 8. The van der Waals surface area contributed by atoms with Crippen molar-refractivity contribution in [3.63, 3.8) is 0 Å². The zero-order chi connectivity index (χ0) is 24.5. The van der Waals surface area contributed by atoms with Gasteiger partial charge in [-0.05, 0) is 60.7 Å². The highest BCUT2D eigenvalue weighted by Crippen LogP contribution is 2.37. The van der Waals surface area contributed by atoms with Crippen LogP contribution in [0.15, 0.2) is 66.4 Å². The minimum Gasteiger partial charge on any atom is -0.455 e. The molecule has 0 unspecified atom stereocenters. The summed E-state index contributed by atoms with van der Waals surface area (Å²) in [5, 5.41) is 12.8. The summed E-state index contributed by atoms with van der Waals surface area (Å²) in [5.74, 6) is 2.00. The summed E-state index contributed by atoms with van der Waals surface area (Å²) in [6.45, 7) is 1.08. The third-order valence-electron chi connectivity index (χ3n) is 5.97. The van der Waals surface area contributed by atoms with E-state index in [9.17, 15) is 4.79 Å². The standard InChI is InChI=1S/C26H23ClN6O2S.ClH/c27-19-14-17(6-7-22(19)35-21-2-1-3-23-18(21)9-13-36-23)31-25-24-20(29-15-30-25)8-11-33(24)12-10-28-26(34)32-16-4-5-16;/h1-3,6-9,11,13-16H,4-5,10,12H2,(H2,28,32,34)(H,29,30,31);1H. The van der Waals surface area contributed by atoms with Gasteiger partial charge in [0.25, 0.3) is 0 Å². The molecular weight excluding hydrogens is 531 g/mol. The maximum absolute atomic E-state index is 11.9. The van der Waals surface area contributed by atoms with Crippen LogP contribution in [0, 0.1) is 0 Å². The average Bonchev–Trinajstić information content (AvgIpc) is 3.37. The average molecular weight is 555 g/mol. The molecule has 3 aromatic heterocycles. The number of aromatic nitrogens is 3. The van der Waals surface area contributed by atoms with Crippen molar-refractivity contribution < 1.29 is 9.53 Å². The zero-order valence-electron chi connectivity index (χ0n) is 19.6. The number of amides is 2. The Morgan fingerprint density at radius 3 is 2.86 bits per heavy atom. The van der Waals surface area contributed by atoms with Gasteiger partial charge in [0, 0.05) is 41.1 Å². The van der Waals surface area contributed by atoms with Gasteiger partial charge in [-0.3, -0.25) is 0 Å². The molecule has 3 heterocycles. The van der Waals surface area contributed by atoms with E-state index < -0.39 is 0 Å². The second kappa shape index (κ2) is 10.8. The predicted molar refractivity (Wildman–Crippen MR) is 151 cm³/mol. The Hall–Kier alpha value is -3.53. The monoisotopic (exact) mass is 554 g/mol. The summed E-state index contributed by atoms with van der Waals surface area (Å²) in [5.41, 5.74) is 2.43. The van der Waals surface area contributed by atoms with E-state index in [0.717, 1.165) is 45.4 Å². The Labute approximate surface area is 228 Å². The fraction of sp³-hybridized carbons (Fsp3) is 0.192. The van der Waals surface area contributed by atoms with E-state index in [1.54, 1.807) is 11.3 Å². The van der Waals surface area contributed by atoms with Crippen molar-refractivity contribution in [2.24, 2.45) is 0 Å². The van der Waals surface area contributed by atoms with Gasteiger partial charge in [0.2, 0.25) is 0 Å². The minimum absolute atomic E-state index is 0. The van der Waals surface area contributed by atoms with Crippen LogP contribution in [0.3, 0.4) is 0 Å². The molecule has 0 bridgehead atoms. The van der Waals surface area contributed by atoms with E-state index in [0.29, 0.717) is 35.7 Å². The second-order valence-corrected chi connectivity index (χ2v) is 9.96. The van der Waals surface area contributed by atoms with Gasteiger partial charge in [0.15, 0.2) is 5.82 Å². The van der Waals surface area contributed by atoms with Crippen LogP contribution in [0.25, 0.3) is 21.1 Å². The van der Waals surface area contributed by atoms with Gasteiger partial charge in [-0.15, -0.1) is 23.7 Å². The van der Waals surface area contributed by atoms with Crippen molar-refractivity contribution in [1.29, 1.82) is 0 Å². The van der Waals surface area contributed by atoms with Crippen molar-refractivity contribution in [2.75, 3.05) is 11.9 Å². The summed E-state index contributed by atoms with van der Waals surface area (Å²) in [6, 6.07) is 15.7. The number of nitrogens with one attached hydrogen (secondary N) is 3. The Morgan fingerprint density at radius 2 is 2.03 bits per heavy atom. The molecule has 37 heavy (non-hydrogen) atoms. The fourth-order valence-corrected chi connectivity index (χ4v) is 5.06. The molecule has 190 valence electrons. The Bertz CT molecular complexity index is 1570. The van der Waals surface area contributed by atoms with Crippen LogP contribution in [-0.4, -0.2) is 33.2 Å². The molecule has 1 saturated carbocycles. The largest absolute Gasteiger partial charge is 0.455 e. The van der Waals surface area contributed by atoms with Crippen LogP contribution < -0.4 is 20.7 Å². The van der Waals surface area contributed by atoms with Crippen LogP contribution in [-0.2, 0) is 6.54 Å². The highest BCUT2D eigenvalue weighted by atomic mass is 35.5. The topological polar surface area (TPSA) is 93.1 Å². The number of hydrogen-bond donors (Lipinski definition) is 3. The summed E-state index contributed by atoms with van der Waals surface area (Å²) >= 11 is 8.26. The lowest BCUT2D eigenvalue weighted by atomic mass is 10.2. The van der Waals surface area contributed by atoms with Gasteiger partial charge >= 0.3 is 6.03 Å². The minimum atomic E-state index is -0.129. The van der Waals surface area contributed by atoms with Crippen LogP contribution in [0.4, 0.5) is 16.3 Å². The SMILES string of the molecule is Cl.O=C(NCCn1ccc2ncnc(Nc3ccc(Oc4cccc5sccc45)c(Cl)c3)c21)NC1CC1. The molecular formula is C26H24Cl2N6O2S. The summed E-state index contributed by atoms with van der Waals surface area (Å²) < 4.78 is 9.32. The van der Waals surface area contributed by atoms with Crippen molar-refractivity contribution >= 4 is 74.0 Å². The van der Waals surface area contributed by atoms with Crippen LogP contribution in [0.2, 0.25) is 5.02 Å². The molecule has 0 spiro atoms. The first-order valence-electron chi connectivity index (χ1n) is 11.7. The number of thiophene rings is 1. The number of ether oxygens (including phenoxy) is 1. The molecule has 8 nitrogen and oxygen atoms in total. The normalized spacial score (nSPS) is 12.8. The summed E-state index contributed by atoms with van der Waals surface area (Å²) in [7, 11) is 0. The molecule has 0 radical (unpaired) electrons. The Kier molecular flexibility index (Phi) is 7.36. The second-order valence-electron chi connectivity index (χ2n) is 8.60. The molecule has 0 atom stereocenters. The van der Waals surface area contributed by atoms with Crippen molar-refractivity contribution in [1.82, 2.24) is 25.2 Å². The first kappa shape index (κ1) is 25.1. The molecule has 0 saturated heterocycles. The van der Waals surface area contributed by atoms with Crippen molar-refractivity contribution in [2.45, 2.75) is 25.4 Å². The molecule has 0 aliphatic heterocycles. The van der Waals surface area contributed by atoms with Gasteiger partial charge < -0.3 is 25.3 Å². The molecule has 2 aromatic carbocycles. The lowest BCUT2D eigenvalue weighted by Gasteiger charge is -2.13. The number of benzene rings is 2. The van der Waals surface area contributed by atoms with E-state index in [2.05, 4.69) is 32.0 Å². The van der Waals surface area contributed by atoms with E-state index in [1.165, 1.54) is 6.33 Å². The van der Waals surface area contributed by atoms with Crippen molar-refractivity contribution in [3.8, 4) is 11.5 Å². The zero-order valence-corrected chi connectivity index (χ0v) is 22.0. The number of hydrogen-bond acceptors (Lipinski definition) is 6. The van der Waals surface area contributed by atoms with E-state index in [-0.39, 0.29) is 18.4 Å². The number of carbonyl (C=O) groups excluding carboxylic acids is 1. The quantitative estimate of drug-likeness (QED) is 0.198. The van der Waals surface area contributed by atoms with Crippen LogP contribution in [0.1, 0.15) is 12.8 Å². The number of nitrogens with zero attached hydrogens (tertiary/aromatic N) is 3. The molecule has 6 rings (SSSR count). The maximum atomic E-state index is 11.9. The maximum Gasteiger partial charge on any atom is 0.315 e. The molecule has 2 amide bonds. The molecule has 1 aliphatic rings. The van der Waals surface area contributed by atoms with Gasteiger partial charge in [-0.25, -0.2) is 14.8 Å². The highest BCUT2D eigenvalue weighted by molar-refractivity contribution is 7.17. The van der Waals surface area contributed by atoms with Gasteiger partial charge in [-0.1, -0.05) is 17.7 Å². The number of halogens is 2. The van der Waals surface area contributed by atoms with Crippen LogP contribution >= 0.6 is 35.3 Å². The molecule has 11 heteroatoms. The van der Waals surface area contributed by atoms with Gasteiger partial charge in [-0.2, -0.15) is 0 Å². The van der Waals surface area contributed by atoms with Crippen molar-refractivity contribution in [3.05, 3.63) is 71.5 Å². The number of urea groups is 1. The summed E-state index contributed by atoms with van der Waals surface area (Å²) in [4.78, 5) is 20.8. The fourth-order valence-electron chi connectivity index (χ4n) is 4.04. The molecule has 1 fully saturated rings. The lowest BCUT2D eigenvalue weighted by Crippen LogP contribution is -2.38. The third-order valence-corrected chi connectivity index (χ3v) is 7.15. The van der Waals surface area contributed by atoms with E-state index in [4.69, 9.17) is 16.3 Å². The highest BCUT2D eigenvalue weighted by Gasteiger charge is 2.23. The molecule has 1 aliphatic carbocycles. The Morgan fingerprint density at radius 1 is 1.14 bits per heavy atom. The first-order chi connectivity index (χ1) is 17.6. The van der Waals surface area contributed by atoms with Gasteiger partial charge in [0.05, 0.1) is 10.5 Å². The molecule has 3 N–H and O–H groups in total. The van der Waals surface area contributed by atoms with E-state index in [1.807, 2.05) is 58.6 Å². The lowest BCUT2D eigenvalue weighted by molar-refractivity contribution is 0.240. The van der Waals surface area contributed by atoms with Crippen LogP contribution in [0.5, 0.6) is 11.5 Å². The van der Waals surface area contributed by atoms with E-state index >= 15 is 0 Å². The molecule has 5 aromatic rings. The summed E-state index contributed by atoms with van der Waals surface area (Å²) in [6.07, 6.45) is 5.59. The smallest absolute Gasteiger partial charge is 0.315 e. The predicted octanol–water partition coefficient (Wildman–Crippen LogP) is 6.72. The number of carbonyl (C=O) groups is 1. The Balaban J connectivity index is 0.00000280. The first-order valence-corrected chi connectivity index (χ1v) is 12.9. The number of fused-ring (bicyclic) bond motifs is 2.